The molecule has 1 unspecified atom stereocenters. The van der Waals surface area contributed by atoms with Crippen molar-refractivity contribution in [1.29, 1.82) is 0 Å². The number of nitrogens with two attached hydrogens (primary N) is 1. The molecule has 1 aromatic rings. The summed E-state index contributed by atoms with van der Waals surface area (Å²) < 4.78 is 0. The standard InChI is InChI=1S/C10H17N7O3/c1-5(2)14-10(18)6(3)15-8-7(17(19)20)9(16-11)13-4-12-8/h4-6H,11H2,1-3H3,(H,14,18)(H2,12,13,15,16). The van der Waals surface area contributed by atoms with Crippen molar-refractivity contribution in [2.24, 2.45) is 5.84 Å². The summed E-state index contributed by atoms with van der Waals surface area (Å²) in [6.45, 7) is 5.20. The molecule has 1 amide bonds. The van der Waals surface area contributed by atoms with E-state index in [1.807, 2.05) is 13.8 Å². The average molecular weight is 283 g/mol. The fourth-order valence-electron chi connectivity index (χ4n) is 1.44. The Morgan fingerprint density at radius 3 is 2.45 bits per heavy atom. The van der Waals surface area contributed by atoms with Crippen LogP contribution in [0.4, 0.5) is 17.3 Å². The van der Waals surface area contributed by atoms with Crippen LogP contribution in [0, 0.1) is 10.1 Å². The molecule has 5 N–H and O–H groups in total. The van der Waals surface area contributed by atoms with Crippen LogP contribution in [0.25, 0.3) is 0 Å². The van der Waals surface area contributed by atoms with Gasteiger partial charge in [-0.2, -0.15) is 0 Å². The van der Waals surface area contributed by atoms with Crippen molar-refractivity contribution >= 4 is 23.2 Å². The minimum Gasteiger partial charge on any atom is -0.353 e. The van der Waals surface area contributed by atoms with Crippen molar-refractivity contribution in [3.63, 3.8) is 0 Å². The molecule has 0 saturated carbocycles. The Bertz CT molecular complexity index is 506. The number of carbonyl (C=O) groups is 1. The number of hydrazine groups is 1. The van der Waals surface area contributed by atoms with Crippen molar-refractivity contribution in [2.75, 3.05) is 10.7 Å². The number of anilines is 2. The average Bonchev–Trinajstić information content (AvgIpc) is 2.37. The van der Waals surface area contributed by atoms with Gasteiger partial charge in [0.1, 0.15) is 12.4 Å². The Labute approximate surface area is 115 Å². The molecule has 0 aliphatic carbocycles. The number of hydrogen-bond donors (Lipinski definition) is 4. The molecule has 0 aromatic carbocycles. The van der Waals surface area contributed by atoms with Gasteiger partial charge in [0.15, 0.2) is 0 Å². The molecule has 1 heterocycles. The van der Waals surface area contributed by atoms with E-state index in [0.29, 0.717) is 0 Å². The molecule has 0 saturated heterocycles. The largest absolute Gasteiger partial charge is 0.354 e. The van der Waals surface area contributed by atoms with Crippen molar-refractivity contribution in [3.05, 3.63) is 16.4 Å². The Balaban J connectivity index is 2.97. The van der Waals surface area contributed by atoms with Gasteiger partial charge in [-0.1, -0.05) is 0 Å². The van der Waals surface area contributed by atoms with Crippen LogP contribution >= 0.6 is 0 Å². The molecule has 110 valence electrons. The third kappa shape index (κ3) is 3.75. The van der Waals surface area contributed by atoms with E-state index in [4.69, 9.17) is 5.84 Å². The number of amides is 1. The van der Waals surface area contributed by atoms with Crippen LogP contribution in [0.5, 0.6) is 0 Å². The molecule has 0 fully saturated rings. The normalized spacial score (nSPS) is 11.8. The molecule has 10 nitrogen and oxygen atoms in total. The Kier molecular flexibility index (Phi) is 5.15. The molecular formula is C10H17N7O3. The summed E-state index contributed by atoms with van der Waals surface area (Å²) in [7, 11) is 0. The van der Waals surface area contributed by atoms with Crippen molar-refractivity contribution < 1.29 is 9.72 Å². The Hall–Kier alpha value is -2.49. The zero-order valence-corrected chi connectivity index (χ0v) is 11.4. The zero-order chi connectivity index (χ0) is 15.3. The van der Waals surface area contributed by atoms with Crippen molar-refractivity contribution in [1.82, 2.24) is 15.3 Å². The van der Waals surface area contributed by atoms with Gasteiger partial charge in [0, 0.05) is 6.04 Å². The summed E-state index contributed by atoms with van der Waals surface area (Å²) >= 11 is 0. The second-order valence-electron chi connectivity index (χ2n) is 4.35. The number of hydrogen-bond acceptors (Lipinski definition) is 8. The summed E-state index contributed by atoms with van der Waals surface area (Å²) in [6, 6.07) is -0.731. The number of aromatic nitrogens is 2. The van der Waals surface area contributed by atoms with Crippen LogP contribution in [0.1, 0.15) is 20.8 Å². The topological polar surface area (TPSA) is 148 Å². The van der Waals surface area contributed by atoms with Crippen molar-refractivity contribution in [3.8, 4) is 0 Å². The first-order valence-electron chi connectivity index (χ1n) is 5.89. The summed E-state index contributed by atoms with van der Waals surface area (Å²) in [4.78, 5) is 29.5. The molecule has 0 radical (unpaired) electrons. The van der Waals surface area contributed by atoms with Gasteiger partial charge in [-0.15, -0.1) is 0 Å². The van der Waals surface area contributed by atoms with Crippen LogP contribution < -0.4 is 21.9 Å². The van der Waals surface area contributed by atoms with E-state index >= 15 is 0 Å². The SMILES string of the molecule is CC(C)NC(=O)C(C)Nc1ncnc(NN)c1[N+](=O)[O-]. The van der Waals surface area contributed by atoms with Gasteiger partial charge < -0.3 is 16.1 Å². The number of carbonyl (C=O) groups excluding carboxylic acids is 1. The van der Waals surface area contributed by atoms with Crippen molar-refractivity contribution in [2.45, 2.75) is 32.9 Å². The third-order valence-electron chi connectivity index (χ3n) is 2.32. The quantitative estimate of drug-likeness (QED) is 0.324. The number of nitrogen functional groups attached to an aromatic ring is 1. The summed E-state index contributed by atoms with van der Waals surface area (Å²) in [6.07, 6.45) is 1.11. The second-order valence-corrected chi connectivity index (χ2v) is 4.35. The maximum Gasteiger partial charge on any atom is 0.354 e. The fourth-order valence-corrected chi connectivity index (χ4v) is 1.44. The first kappa shape index (κ1) is 15.6. The molecule has 10 heteroatoms. The van der Waals surface area contributed by atoms with E-state index in [9.17, 15) is 14.9 Å². The summed E-state index contributed by atoms with van der Waals surface area (Å²) in [5.74, 6) is 4.65. The van der Waals surface area contributed by atoms with Crippen LogP contribution in [0.3, 0.4) is 0 Å². The monoisotopic (exact) mass is 283 g/mol. The Morgan fingerprint density at radius 1 is 1.35 bits per heavy atom. The van der Waals surface area contributed by atoms with Crippen LogP contribution in [-0.4, -0.2) is 32.9 Å². The third-order valence-corrected chi connectivity index (χ3v) is 2.32. The molecular weight excluding hydrogens is 266 g/mol. The molecule has 1 atom stereocenters. The maximum atomic E-state index is 11.8. The van der Waals surface area contributed by atoms with E-state index in [1.54, 1.807) is 6.92 Å². The number of rotatable bonds is 6. The zero-order valence-electron chi connectivity index (χ0n) is 11.4. The van der Waals surface area contributed by atoms with Crippen LogP contribution in [-0.2, 0) is 4.79 Å². The van der Waals surface area contributed by atoms with Gasteiger partial charge in [0.05, 0.1) is 4.92 Å². The van der Waals surface area contributed by atoms with Gasteiger partial charge >= 0.3 is 5.69 Å². The van der Waals surface area contributed by atoms with E-state index in [-0.39, 0.29) is 23.6 Å². The molecule has 0 bridgehead atoms. The maximum absolute atomic E-state index is 11.8. The predicted molar refractivity (Wildman–Crippen MR) is 72.9 cm³/mol. The van der Waals surface area contributed by atoms with E-state index < -0.39 is 16.7 Å². The summed E-state index contributed by atoms with van der Waals surface area (Å²) in [5, 5.41) is 16.4. The summed E-state index contributed by atoms with van der Waals surface area (Å²) in [5.41, 5.74) is 1.70. The number of nitro groups is 1. The van der Waals surface area contributed by atoms with Gasteiger partial charge in [-0.25, -0.2) is 15.8 Å². The highest BCUT2D eigenvalue weighted by Gasteiger charge is 2.25. The van der Waals surface area contributed by atoms with E-state index in [2.05, 4.69) is 26.0 Å². The van der Waals surface area contributed by atoms with E-state index in [0.717, 1.165) is 6.33 Å². The minimum atomic E-state index is -0.698. The highest BCUT2D eigenvalue weighted by atomic mass is 16.6. The fraction of sp³-hybridized carbons (Fsp3) is 0.500. The minimum absolute atomic E-state index is 0.0339. The van der Waals surface area contributed by atoms with Gasteiger partial charge in [0.25, 0.3) is 0 Å². The molecule has 1 rings (SSSR count). The highest BCUT2D eigenvalue weighted by molar-refractivity contribution is 5.85. The predicted octanol–water partition coefficient (Wildman–Crippen LogP) is -0.00460. The first-order valence-corrected chi connectivity index (χ1v) is 5.89. The number of nitrogens with zero attached hydrogens (tertiary/aromatic N) is 3. The van der Waals surface area contributed by atoms with Crippen LogP contribution in [0.15, 0.2) is 6.33 Å². The molecule has 0 aliphatic heterocycles. The van der Waals surface area contributed by atoms with Crippen LogP contribution in [0.2, 0.25) is 0 Å². The highest BCUT2D eigenvalue weighted by Crippen LogP contribution is 2.28. The van der Waals surface area contributed by atoms with E-state index in [1.165, 1.54) is 0 Å². The molecule has 20 heavy (non-hydrogen) atoms. The second kappa shape index (κ2) is 6.61. The Morgan fingerprint density at radius 2 is 1.95 bits per heavy atom. The lowest BCUT2D eigenvalue weighted by molar-refractivity contribution is -0.383. The molecule has 0 aliphatic rings. The van der Waals surface area contributed by atoms with Gasteiger partial charge in [-0.05, 0) is 20.8 Å². The smallest absolute Gasteiger partial charge is 0.353 e. The lowest BCUT2D eigenvalue weighted by Gasteiger charge is -2.16. The van der Waals surface area contributed by atoms with Gasteiger partial charge in [-0.3, -0.25) is 14.9 Å². The lowest BCUT2D eigenvalue weighted by atomic mass is 10.2. The first-order chi connectivity index (χ1) is 9.36. The molecule has 0 spiro atoms. The van der Waals surface area contributed by atoms with Gasteiger partial charge in [0.2, 0.25) is 17.5 Å². The lowest BCUT2D eigenvalue weighted by Crippen LogP contribution is -2.41. The molecule has 1 aromatic heterocycles. The number of nitrogens with one attached hydrogen (secondary N) is 3.